The van der Waals surface area contributed by atoms with Gasteiger partial charge in [-0.2, -0.15) is 0 Å². The average molecular weight is 241 g/mol. The van der Waals surface area contributed by atoms with Crippen molar-refractivity contribution < 1.29 is 14.5 Å². The van der Waals surface area contributed by atoms with Crippen molar-refractivity contribution in [3.8, 4) is 0 Å². The summed E-state index contributed by atoms with van der Waals surface area (Å²) in [5, 5.41) is 13.3. The number of anilines is 2. The number of aromatic nitrogens is 2. The Bertz CT molecular complexity index is 450. The molecule has 0 aliphatic heterocycles. The van der Waals surface area contributed by atoms with Crippen LogP contribution in [0.25, 0.3) is 0 Å². The number of nitro groups is 1. The molecule has 0 aliphatic rings. The number of carbonyl (C=O) groups excluding carboxylic acids is 1. The van der Waals surface area contributed by atoms with Crippen molar-refractivity contribution in [1.82, 2.24) is 9.97 Å². The Kier molecular flexibility index (Phi) is 3.75. The topological polar surface area (TPSA) is 133 Å². The van der Waals surface area contributed by atoms with E-state index < -0.39 is 22.6 Å². The molecule has 0 saturated carbocycles. The van der Waals surface area contributed by atoms with E-state index in [0.29, 0.717) is 0 Å². The highest BCUT2D eigenvalue weighted by atomic mass is 16.6. The maximum absolute atomic E-state index is 11.2. The largest absolute Gasteiger partial charge is 0.467 e. The van der Waals surface area contributed by atoms with Gasteiger partial charge in [0.2, 0.25) is 11.6 Å². The molecule has 1 atom stereocenters. The molecule has 0 bridgehead atoms. The molecular formula is C8H11N5O4. The second-order valence-corrected chi connectivity index (χ2v) is 3.10. The summed E-state index contributed by atoms with van der Waals surface area (Å²) < 4.78 is 4.47. The van der Waals surface area contributed by atoms with E-state index in [1.165, 1.54) is 14.0 Å². The number of carbonyl (C=O) groups is 1. The number of hydrogen-bond acceptors (Lipinski definition) is 8. The van der Waals surface area contributed by atoms with Gasteiger partial charge >= 0.3 is 11.7 Å². The summed E-state index contributed by atoms with van der Waals surface area (Å²) in [6, 6.07) is -0.784. The van der Waals surface area contributed by atoms with Gasteiger partial charge in [0.15, 0.2) is 0 Å². The normalized spacial score (nSPS) is 11.6. The summed E-state index contributed by atoms with van der Waals surface area (Å²) in [6.07, 6.45) is 1.06. The van der Waals surface area contributed by atoms with Crippen LogP contribution in [-0.4, -0.2) is 34.0 Å². The lowest BCUT2D eigenvalue weighted by atomic mass is 10.3. The molecule has 1 aromatic rings. The summed E-state index contributed by atoms with van der Waals surface area (Å²) >= 11 is 0. The fraction of sp³-hybridized carbons (Fsp3) is 0.375. The highest BCUT2D eigenvalue weighted by Crippen LogP contribution is 2.26. The third kappa shape index (κ3) is 2.77. The third-order valence-corrected chi connectivity index (χ3v) is 1.94. The van der Waals surface area contributed by atoms with Gasteiger partial charge in [-0.1, -0.05) is 0 Å². The molecule has 0 fully saturated rings. The van der Waals surface area contributed by atoms with Crippen molar-refractivity contribution >= 4 is 23.3 Å². The number of nitrogens with one attached hydrogen (secondary N) is 1. The molecule has 0 amide bonds. The van der Waals surface area contributed by atoms with Gasteiger partial charge in [-0.25, -0.2) is 14.8 Å². The third-order valence-electron chi connectivity index (χ3n) is 1.94. The number of nitrogens with two attached hydrogens (primary N) is 1. The van der Waals surface area contributed by atoms with Crippen LogP contribution in [0.3, 0.4) is 0 Å². The SMILES string of the molecule is COC(=O)C(C)Nc1ncnc(N)c1[N+](=O)[O-]. The Morgan fingerprint density at radius 1 is 1.65 bits per heavy atom. The van der Waals surface area contributed by atoms with Crippen LogP contribution >= 0.6 is 0 Å². The smallest absolute Gasteiger partial charge is 0.353 e. The van der Waals surface area contributed by atoms with E-state index in [0.717, 1.165) is 6.33 Å². The second kappa shape index (κ2) is 5.05. The molecule has 1 aromatic heterocycles. The first-order valence-electron chi connectivity index (χ1n) is 4.56. The molecule has 3 N–H and O–H groups in total. The van der Waals surface area contributed by atoms with E-state index in [2.05, 4.69) is 20.0 Å². The van der Waals surface area contributed by atoms with Crippen LogP contribution in [0.4, 0.5) is 17.3 Å². The fourth-order valence-electron chi connectivity index (χ4n) is 1.12. The van der Waals surface area contributed by atoms with Crippen molar-refractivity contribution in [1.29, 1.82) is 0 Å². The highest BCUT2D eigenvalue weighted by molar-refractivity contribution is 5.80. The molecule has 1 unspecified atom stereocenters. The van der Waals surface area contributed by atoms with Crippen LogP contribution in [-0.2, 0) is 9.53 Å². The summed E-state index contributed by atoms with van der Waals surface area (Å²) in [6.45, 7) is 1.48. The van der Waals surface area contributed by atoms with Gasteiger partial charge in [-0.05, 0) is 6.92 Å². The monoisotopic (exact) mass is 241 g/mol. The zero-order chi connectivity index (χ0) is 13.0. The molecule has 0 aromatic carbocycles. The van der Waals surface area contributed by atoms with E-state index in [1.54, 1.807) is 0 Å². The minimum atomic E-state index is -0.784. The molecule has 1 heterocycles. The van der Waals surface area contributed by atoms with Crippen molar-refractivity contribution in [2.24, 2.45) is 0 Å². The number of methoxy groups -OCH3 is 1. The van der Waals surface area contributed by atoms with Crippen molar-refractivity contribution in [3.05, 3.63) is 16.4 Å². The number of nitrogens with zero attached hydrogens (tertiary/aromatic N) is 3. The van der Waals surface area contributed by atoms with Gasteiger partial charge in [0.1, 0.15) is 12.4 Å². The minimum Gasteiger partial charge on any atom is -0.467 e. The van der Waals surface area contributed by atoms with Gasteiger partial charge in [0, 0.05) is 0 Å². The van der Waals surface area contributed by atoms with Gasteiger partial charge in [-0.3, -0.25) is 10.1 Å². The number of ether oxygens (including phenoxy) is 1. The molecule has 1 rings (SSSR count). The average Bonchev–Trinajstić information content (AvgIpc) is 2.27. The fourth-order valence-corrected chi connectivity index (χ4v) is 1.12. The van der Waals surface area contributed by atoms with Gasteiger partial charge in [0.05, 0.1) is 12.0 Å². The molecule has 0 saturated heterocycles. The van der Waals surface area contributed by atoms with Crippen molar-refractivity contribution in [3.63, 3.8) is 0 Å². The lowest BCUT2D eigenvalue weighted by Gasteiger charge is -2.12. The molecule has 9 heteroatoms. The quantitative estimate of drug-likeness (QED) is 0.425. The number of rotatable bonds is 4. The second-order valence-electron chi connectivity index (χ2n) is 3.10. The standard InChI is InChI=1S/C8H11N5O4/c1-4(8(14)17-2)12-7-5(13(15)16)6(9)10-3-11-7/h3-4H,1-2H3,(H3,9,10,11,12). The van der Waals surface area contributed by atoms with E-state index >= 15 is 0 Å². The molecule has 0 aliphatic carbocycles. The number of nitrogen functional groups attached to an aromatic ring is 1. The Balaban J connectivity index is 3.02. The van der Waals surface area contributed by atoms with E-state index in [9.17, 15) is 14.9 Å². The Morgan fingerprint density at radius 2 is 2.29 bits per heavy atom. The Labute approximate surface area is 96.1 Å². The van der Waals surface area contributed by atoms with Crippen LogP contribution in [0.5, 0.6) is 0 Å². The van der Waals surface area contributed by atoms with Gasteiger partial charge in [0.25, 0.3) is 0 Å². The zero-order valence-electron chi connectivity index (χ0n) is 9.21. The molecular weight excluding hydrogens is 230 g/mol. The van der Waals surface area contributed by atoms with Crippen molar-refractivity contribution in [2.75, 3.05) is 18.2 Å². The molecule has 9 nitrogen and oxygen atoms in total. The summed E-state index contributed by atoms with van der Waals surface area (Å²) in [5.74, 6) is -0.971. The lowest BCUT2D eigenvalue weighted by Crippen LogP contribution is -2.28. The van der Waals surface area contributed by atoms with Crippen molar-refractivity contribution in [2.45, 2.75) is 13.0 Å². The summed E-state index contributed by atoms with van der Waals surface area (Å²) in [4.78, 5) is 28.4. The van der Waals surface area contributed by atoms with Crippen LogP contribution in [0.1, 0.15) is 6.92 Å². The predicted octanol–water partition coefficient (Wildman–Crippen LogP) is -0.0596. The summed E-state index contributed by atoms with van der Waals surface area (Å²) in [7, 11) is 1.21. The van der Waals surface area contributed by atoms with E-state index in [1.807, 2.05) is 0 Å². The maximum Gasteiger partial charge on any atom is 0.353 e. The first-order valence-corrected chi connectivity index (χ1v) is 4.56. The zero-order valence-corrected chi connectivity index (χ0v) is 9.21. The van der Waals surface area contributed by atoms with Gasteiger partial charge in [-0.15, -0.1) is 0 Å². The van der Waals surface area contributed by atoms with E-state index in [4.69, 9.17) is 5.73 Å². The van der Waals surface area contributed by atoms with Gasteiger partial charge < -0.3 is 15.8 Å². The first-order chi connectivity index (χ1) is 7.97. The Hall–Kier alpha value is -2.45. The maximum atomic E-state index is 11.2. The lowest BCUT2D eigenvalue weighted by molar-refractivity contribution is -0.383. The molecule has 17 heavy (non-hydrogen) atoms. The van der Waals surface area contributed by atoms with E-state index in [-0.39, 0.29) is 11.6 Å². The van der Waals surface area contributed by atoms with Crippen LogP contribution < -0.4 is 11.1 Å². The minimum absolute atomic E-state index is 0.125. The highest BCUT2D eigenvalue weighted by Gasteiger charge is 2.24. The molecule has 0 spiro atoms. The van der Waals surface area contributed by atoms with Crippen LogP contribution in [0.2, 0.25) is 0 Å². The molecule has 0 radical (unpaired) electrons. The summed E-state index contributed by atoms with van der Waals surface area (Å²) in [5.41, 5.74) is 4.89. The first kappa shape index (κ1) is 12.6. The van der Waals surface area contributed by atoms with Crippen LogP contribution in [0, 0.1) is 10.1 Å². The Morgan fingerprint density at radius 3 is 2.82 bits per heavy atom. The number of hydrogen-bond donors (Lipinski definition) is 2. The van der Waals surface area contributed by atoms with Crippen LogP contribution in [0.15, 0.2) is 6.33 Å². The predicted molar refractivity (Wildman–Crippen MR) is 58.2 cm³/mol. The number of esters is 1. The molecule has 92 valence electrons.